The molecule has 1 atom stereocenters. The summed E-state index contributed by atoms with van der Waals surface area (Å²) in [4.78, 5) is 28.0. The molecule has 0 saturated carbocycles. The van der Waals surface area contributed by atoms with Crippen molar-refractivity contribution in [2.24, 2.45) is 5.73 Å². The molecule has 6 nitrogen and oxygen atoms in total. The molecule has 25 heavy (non-hydrogen) atoms. The number of benzene rings is 1. The van der Waals surface area contributed by atoms with E-state index in [1.807, 2.05) is 17.2 Å². The normalized spacial score (nSPS) is 16.4. The Kier molecular flexibility index (Phi) is 8.08. The maximum absolute atomic E-state index is 12.7. The van der Waals surface area contributed by atoms with Crippen molar-refractivity contribution in [2.45, 2.75) is 18.9 Å². The molecule has 1 fully saturated rings. The minimum absolute atomic E-state index is 0.0180. The number of piperazine rings is 1. The average Bonchev–Trinajstić information content (AvgIpc) is 2.64. The fourth-order valence-corrected chi connectivity index (χ4v) is 3.48. The van der Waals surface area contributed by atoms with Crippen molar-refractivity contribution in [3.05, 3.63) is 35.9 Å². The minimum Gasteiger partial charge on any atom is -0.352 e. The maximum Gasteiger partial charge on any atom is 0.312 e. The van der Waals surface area contributed by atoms with Crippen molar-refractivity contribution >= 4 is 23.7 Å². The number of nitrogens with two attached hydrogens (primary N) is 1. The molecule has 1 aromatic rings. The van der Waals surface area contributed by atoms with Gasteiger partial charge in [0.1, 0.15) is 6.04 Å². The van der Waals surface area contributed by atoms with E-state index in [1.54, 1.807) is 11.8 Å². The molecule has 1 aliphatic rings. The topological polar surface area (TPSA) is 78.7 Å². The first-order valence-electron chi connectivity index (χ1n) is 8.70. The summed E-state index contributed by atoms with van der Waals surface area (Å²) in [6, 6.07) is 9.29. The molecule has 0 bridgehead atoms. The molecule has 7 heteroatoms. The lowest BCUT2D eigenvalue weighted by molar-refractivity contribution is -0.135. The minimum atomic E-state index is -0.638. The lowest BCUT2D eigenvalue weighted by Crippen LogP contribution is -2.55. The van der Waals surface area contributed by atoms with Crippen LogP contribution in [0.3, 0.4) is 0 Å². The second-order valence-electron chi connectivity index (χ2n) is 6.25. The first-order valence-corrected chi connectivity index (χ1v) is 10.1. The number of urea groups is 1. The van der Waals surface area contributed by atoms with Gasteiger partial charge in [0, 0.05) is 32.7 Å². The van der Waals surface area contributed by atoms with Gasteiger partial charge in [-0.15, -0.1) is 0 Å². The number of rotatable bonds is 8. The van der Waals surface area contributed by atoms with Crippen molar-refractivity contribution in [2.75, 3.05) is 44.7 Å². The first kappa shape index (κ1) is 19.6. The third-order valence-electron chi connectivity index (χ3n) is 4.47. The van der Waals surface area contributed by atoms with Crippen LogP contribution in [-0.2, 0) is 11.2 Å². The largest absolute Gasteiger partial charge is 0.352 e. The second-order valence-corrected chi connectivity index (χ2v) is 7.23. The highest BCUT2D eigenvalue weighted by Gasteiger charge is 2.27. The van der Waals surface area contributed by atoms with Crippen molar-refractivity contribution in [1.29, 1.82) is 0 Å². The average molecular weight is 365 g/mol. The van der Waals surface area contributed by atoms with E-state index in [9.17, 15) is 9.59 Å². The van der Waals surface area contributed by atoms with Gasteiger partial charge in [0.2, 0.25) is 5.91 Å². The van der Waals surface area contributed by atoms with Crippen LogP contribution in [0.25, 0.3) is 0 Å². The van der Waals surface area contributed by atoms with E-state index >= 15 is 0 Å². The quantitative estimate of drug-likeness (QED) is 0.726. The van der Waals surface area contributed by atoms with Crippen molar-refractivity contribution in [1.82, 2.24) is 15.1 Å². The molecule has 0 spiro atoms. The highest BCUT2D eigenvalue weighted by molar-refractivity contribution is 7.98. The molecule has 3 N–H and O–H groups in total. The molecule has 3 amide bonds. The van der Waals surface area contributed by atoms with Crippen LogP contribution in [0.1, 0.15) is 12.0 Å². The molecule has 1 unspecified atom stereocenters. The lowest BCUT2D eigenvalue weighted by atomic mass is 10.1. The molecule has 138 valence electrons. The van der Waals surface area contributed by atoms with Gasteiger partial charge in [-0.3, -0.25) is 9.69 Å². The number of carbonyl (C=O) groups excluding carboxylic acids is 2. The number of primary amides is 1. The van der Waals surface area contributed by atoms with Crippen LogP contribution in [-0.4, -0.2) is 72.5 Å². The predicted octanol–water partition coefficient (Wildman–Crippen LogP) is 1.16. The first-order chi connectivity index (χ1) is 12.1. The van der Waals surface area contributed by atoms with Gasteiger partial charge in [-0.05, 0) is 30.4 Å². The predicted molar refractivity (Wildman–Crippen MR) is 103 cm³/mol. The Labute approximate surface area is 154 Å². The van der Waals surface area contributed by atoms with Crippen LogP contribution in [0.4, 0.5) is 4.79 Å². The smallest absolute Gasteiger partial charge is 0.312 e. The Morgan fingerprint density at radius 2 is 1.88 bits per heavy atom. The van der Waals surface area contributed by atoms with Crippen LogP contribution in [0.2, 0.25) is 0 Å². The summed E-state index contributed by atoms with van der Waals surface area (Å²) in [6.07, 6.45) is 3.61. The zero-order chi connectivity index (χ0) is 18.1. The molecule has 1 saturated heterocycles. The van der Waals surface area contributed by atoms with E-state index < -0.39 is 12.1 Å². The zero-order valence-corrected chi connectivity index (χ0v) is 15.6. The third-order valence-corrected chi connectivity index (χ3v) is 5.11. The van der Waals surface area contributed by atoms with Crippen LogP contribution >= 0.6 is 11.8 Å². The highest BCUT2D eigenvalue weighted by atomic mass is 32.2. The number of thioether (sulfide) groups is 1. The lowest BCUT2D eigenvalue weighted by Gasteiger charge is -2.36. The Morgan fingerprint density at radius 3 is 2.48 bits per heavy atom. The Hall–Kier alpha value is -1.73. The van der Waals surface area contributed by atoms with E-state index in [4.69, 9.17) is 5.73 Å². The molecule has 0 aromatic heterocycles. The molecule has 1 aliphatic heterocycles. The van der Waals surface area contributed by atoms with Crippen molar-refractivity contribution in [3.63, 3.8) is 0 Å². The van der Waals surface area contributed by atoms with E-state index in [2.05, 4.69) is 34.5 Å². The number of hydrogen-bond donors (Lipinski definition) is 2. The third kappa shape index (κ3) is 6.59. The zero-order valence-electron chi connectivity index (χ0n) is 14.8. The standard InChI is InChI=1S/C18H28N4O2S/c1-25-14-8-16(20-18(19)24)17(23)22-12-10-21(11-13-22)9-7-15-5-3-2-4-6-15/h2-6,16H,7-14H2,1H3,(H3,19,20,24). The van der Waals surface area contributed by atoms with Gasteiger partial charge in [0.15, 0.2) is 0 Å². The Balaban J connectivity index is 1.78. The molecule has 2 rings (SSSR count). The van der Waals surface area contributed by atoms with Gasteiger partial charge in [0.25, 0.3) is 0 Å². The van der Waals surface area contributed by atoms with Crippen LogP contribution in [0, 0.1) is 0 Å². The van der Waals surface area contributed by atoms with Crippen molar-refractivity contribution in [3.8, 4) is 0 Å². The van der Waals surface area contributed by atoms with Gasteiger partial charge >= 0.3 is 6.03 Å². The van der Waals surface area contributed by atoms with E-state index in [0.29, 0.717) is 19.5 Å². The van der Waals surface area contributed by atoms with Crippen molar-refractivity contribution < 1.29 is 9.59 Å². The van der Waals surface area contributed by atoms with E-state index in [1.165, 1.54) is 5.56 Å². The van der Waals surface area contributed by atoms with Gasteiger partial charge in [0.05, 0.1) is 0 Å². The summed E-state index contributed by atoms with van der Waals surface area (Å²) < 4.78 is 0. The monoisotopic (exact) mass is 364 g/mol. The number of hydrogen-bond acceptors (Lipinski definition) is 4. The summed E-state index contributed by atoms with van der Waals surface area (Å²) in [5.74, 6) is 0.795. The molecular formula is C18H28N4O2S. The maximum atomic E-state index is 12.7. The Morgan fingerprint density at radius 1 is 1.20 bits per heavy atom. The van der Waals surface area contributed by atoms with Crippen LogP contribution in [0.5, 0.6) is 0 Å². The fourth-order valence-electron chi connectivity index (χ4n) is 3.01. The molecule has 0 aliphatic carbocycles. The fraction of sp³-hybridized carbons (Fsp3) is 0.556. The number of amides is 3. The Bertz CT molecular complexity index is 547. The molecule has 1 heterocycles. The number of carbonyl (C=O) groups is 2. The summed E-state index contributed by atoms with van der Waals surface area (Å²) >= 11 is 1.65. The number of nitrogens with one attached hydrogen (secondary N) is 1. The van der Waals surface area contributed by atoms with Crippen LogP contribution in [0.15, 0.2) is 30.3 Å². The molecule has 1 aromatic carbocycles. The van der Waals surface area contributed by atoms with E-state index in [-0.39, 0.29) is 5.91 Å². The van der Waals surface area contributed by atoms with Gasteiger partial charge in [-0.1, -0.05) is 30.3 Å². The summed E-state index contributed by atoms with van der Waals surface area (Å²) in [5, 5.41) is 2.59. The molecule has 0 radical (unpaired) electrons. The molecular weight excluding hydrogens is 336 g/mol. The summed E-state index contributed by atoms with van der Waals surface area (Å²) in [5.41, 5.74) is 6.55. The summed E-state index contributed by atoms with van der Waals surface area (Å²) in [6.45, 7) is 4.13. The van der Waals surface area contributed by atoms with Crippen LogP contribution < -0.4 is 11.1 Å². The second kappa shape index (κ2) is 10.3. The van der Waals surface area contributed by atoms with E-state index in [0.717, 1.165) is 31.8 Å². The number of nitrogens with zero attached hydrogens (tertiary/aromatic N) is 2. The SMILES string of the molecule is CSCCC(NC(N)=O)C(=O)N1CCN(CCc2ccccc2)CC1. The van der Waals surface area contributed by atoms with Gasteiger partial charge in [-0.2, -0.15) is 11.8 Å². The summed E-state index contributed by atoms with van der Waals surface area (Å²) in [7, 11) is 0. The highest BCUT2D eigenvalue weighted by Crippen LogP contribution is 2.09. The van der Waals surface area contributed by atoms with Gasteiger partial charge < -0.3 is 16.0 Å². The van der Waals surface area contributed by atoms with Gasteiger partial charge in [-0.25, -0.2) is 4.79 Å².